The minimum atomic E-state index is -5.05. The van der Waals surface area contributed by atoms with Crippen LogP contribution in [0.4, 0.5) is 13.2 Å². The Morgan fingerprint density at radius 1 is 1.06 bits per heavy atom. The van der Waals surface area contributed by atoms with Gasteiger partial charge in [0, 0.05) is 0 Å². The van der Waals surface area contributed by atoms with Gasteiger partial charge in [-0.05, 0) is 12.8 Å². The first kappa shape index (κ1) is 13.8. The van der Waals surface area contributed by atoms with Crippen molar-refractivity contribution in [2.24, 2.45) is 0 Å². The summed E-state index contributed by atoms with van der Waals surface area (Å²) in [4.78, 5) is 22.0. The largest absolute Gasteiger partial charge is 0.480 e. The molecule has 4 nitrogen and oxygen atoms in total. The Morgan fingerprint density at radius 3 is 1.88 bits per heavy atom. The van der Waals surface area contributed by atoms with Gasteiger partial charge in [0.05, 0.1) is 0 Å². The number of carboxylic acids is 1. The third kappa shape index (κ3) is 3.34. The van der Waals surface area contributed by atoms with Crippen LogP contribution in [0.5, 0.6) is 0 Å². The number of halogens is 3. The molecule has 0 unspecified atom stereocenters. The van der Waals surface area contributed by atoms with Crippen molar-refractivity contribution < 1.29 is 27.9 Å². The van der Waals surface area contributed by atoms with Crippen LogP contribution in [-0.2, 0) is 9.59 Å². The number of carboxylic acid groups (broad SMARTS) is 1. The maximum absolute atomic E-state index is 12.1. The zero-order valence-corrected chi connectivity index (χ0v) is 9.14. The Labute approximate surface area is 96.2 Å². The predicted octanol–water partition coefficient (Wildman–Crippen LogP) is 1.84. The number of amides is 1. The molecule has 0 heterocycles. The number of carbonyl (C=O) groups is 2. The van der Waals surface area contributed by atoms with E-state index in [0.717, 1.165) is 12.8 Å². The van der Waals surface area contributed by atoms with E-state index in [0.29, 0.717) is 12.8 Å². The molecule has 0 aromatic rings. The maximum Gasteiger partial charge on any atom is 0.471 e. The summed E-state index contributed by atoms with van der Waals surface area (Å²) in [5.74, 6) is -3.57. The topological polar surface area (TPSA) is 66.4 Å². The van der Waals surface area contributed by atoms with Gasteiger partial charge in [0.15, 0.2) is 0 Å². The minimum Gasteiger partial charge on any atom is -0.480 e. The molecule has 0 aliphatic heterocycles. The summed E-state index contributed by atoms with van der Waals surface area (Å²) in [5, 5.41) is 10.7. The molecule has 0 atom stereocenters. The molecule has 0 spiro atoms. The Kier molecular flexibility index (Phi) is 4.00. The van der Waals surface area contributed by atoms with Gasteiger partial charge in [-0.15, -0.1) is 0 Å². The molecule has 1 fully saturated rings. The average molecular weight is 253 g/mol. The third-order valence-corrected chi connectivity index (χ3v) is 2.98. The first-order valence-electron chi connectivity index (χ1n) is 5.41. The number of alkyl halides is 3. The summed E-state index contributed by atoms with van der Waals surface area (Å²) in [6.07, 6.45) is -2.40. The normalized spacial score (nSPS) is 20.4. The summed E-state index contributed by atoms with van der Waals surface area (Å²) >= 11 is 0. The highest BCUT2D eigenvalue weighted by Gasteiger charge is 2.47. The summed E-state index contributed by atoms with van der Waals surface area (Å²) < 4.78 is 36.4. The standard InChI is InChI=1S/C10H14F3NO3/c11-10(12,13)7(15)14-9(8(16)17)5-3-1-2-4-6-9/h1-6H2,(H,14,15)(H,16,17). The fourth-order valence-corrected chi connectivity index (χ4v) is 2.01. The van der Waals surface area contributed by atoms with Gasteiger partial charge < -0.3 is 10.4 Å². The molecule has 1 amide bonds. The summed E-state index contributed by atoms with van der Waals surface area (Å²) in [7, 11) is 0. The second kappa shape index (κ2) is 4.93. The highest BCUT2D eigenvalue weighted by atomic mass is 19.4. The quantitative estimate of drug-likeness (QED) is 0.738. The molecule has 0 saturated heterocycles. The second-order valence-electron chi connectivity index (χ2n) is 4.25. The molecule has 98 valence electrons. The number of rotatable bonds is 2. The third-order valence-electron chi connectivity index (χ3n) is 2.98. The van der Waals surface area contributed by atoms with Crippen LogP contribution in [0.15, 0.2) is 0 Å². The van der Waals surface area contributed by atoms with Crippen LogP contribution in [0.2, 0.25) is 0 Å². The van der Waals surface area contributed by atoms with Crippen molar-refractivity contribution >= 4 is 11.9 Å². The number of nitrogens with one attached hydrogen (secondary N) is 1. The number of carbonyl (C=O) groups excluding carboxylic acids is 1. The fraction of sp³-hybridized carbons (Fsp3) is 0.800. The van der Waals surface area contributed by atoms with Gasteiger partial charge in [0.1, 0.15) is 5.54 Å². The van der Waals surface area contributed by atoms with Gasteiger partial charge in [-0.3, -0.25) is 4.79 Å². The lowest BCUT2D eigenvalue weighted by Gasteiger charge is -2.29. The van der Waals surface area contributed by atoms with Gasteiger partial charge in [-0.2, -0.15) is 13.2 Å². The first-order valence-corrected chi connectivity index (χ1v) is 5.41. The van der Waals surface area contributed by atoms with E-state index in [2.05, 4.69) is 0 Å². The van der Waals surface area contributed by atoms with Crippen molar-refractivity contribution in [3.05, 3.63) is 0 Å². The van der Waals surface area contributed by atoms with Crippen molar-refractivity contribution in [3.63, 3.8) is 0 Å². The molecule has 0 aromatic heterocycles. The SMILES string of the molecule is O=C(NC1(C(=O)O)CCCCCC1)C(F)(F)F. The van der Waals surface area contributed by atoms with E-state index in [-0.39, 0.29) is 12.8 Å². The Hall–Kier alpha value is -1.27. The fourth-order valence-electron chi connectivity index (χ4n) is 2.01. The van der Waals surface area contributed by atoms with Crippen LogP contribution >= 0.6 is 0 Å². The van der Waals surface area contributed by atoms with Gasteiger partial charge in [-0.1, -0.05) is 25.7 Å². The lowest BCUT2D eigenvalue weighted by molar-refractivity contribution is -0.178. The van der Waals surface area contributed by atoms with Crippen LogP contribution in [0.1, 0.15) is 38.5 Å². The Bertz CT molecular complexity index is 306. The van der Waals surface area contributed by atoms with E-state index in [1.54, 1.807) is 5.32 Å². The zero-order chi connectivity index (χ0) is 13.1. The number of hydrogen-bond donors (Lipinski definition) is 2. The summed E-state index contributed by atoms with van der Waals surface area (Å²) in [5.41, 5.74) is -1.76. The molecule has 7 heteroatoms. The summed E-state index contributed by atoms with van der Waals surface area (Å²) in [6, 6.07) is 0. The van der Waals surface area contributed by atoms with Gasteiger partial charge in [0.25, 0.3) is 0 Å². The predicted molar refractivity (Wildman–Crippen MR) is 52.3 cm³/mol. The zero-order valence-electron chi connectivity index (χ0n) is 9.14. The van der Waals surface area contributed by atoms with Crippen molar-refractivity contribution in [1.82, 2.24) is 5.32 Å². The molecule has 17 heavy (non-hydrogen) atoms. The highest BCUT2D eigenvalue weighted by molar-refractivity contribution is 5.89. The minimum absolute atomic E-state index is 0.0458. The second-order valence-corrected chi connectivity index (χ2v) is 4.25. The Morgan fingerprint density at radius 2 is 1.53 bits per heavy atom. The molecular weight excluding hydrogens is 239 g/mol. The number of aliphatic carboxylic acids is 1. The molecule has 0 bridgehead atoms. The van der Waals surface area contributed by atoms with Crippen molar-refractivity contribution in [3.8, 4) is 0 Å². The lowest BCUT2D eigenvalue weighted by Crippen LogP contribution is -2.57. The van der Waals surface area contributed by atoms with E-state index in [1.165, 1.54) is 0 Å². The molecule has 1 rings (SSSR count). The van der Waals surface area contributed by atoms with E-state index in [1.807, 2.05) is 0 Å². The van der Waals surface area contributed by atoms with Crippen LogP contribution in [0.3, 0.4) is 0 Å². The van der Waals surface area contributed by atoms with E-state index >= 15 is 0 Å². The lowest BCUT2D eigenvalue weighted by atomic mass is 9.90. The monoisotopic (exact) mass is 253 g/mol. The molecule has 1 saturated carbocycles. The van der Waals surface area contributed by atoms with Gasteiger partial charge >= 0.3 is 18.1 Å². The molecule has 0 aromatic carbocycles. The Balaban J connectivity index is 2.85. The number of hydrogen-bond acceptors (Lipinski definition) is 2. The van der Waals surface area contributed by atoms with E-state index in [4.69, 9.17) is 5.11 Å². The summed E-state index contributed by atoms with van der Waals surface area (Å²) in [6.45, 7) is 0. The van der Waals surface area contributed by atoms with E-state index < -0.39 is 23.6 Å². The van der Waals surface area contributed by atoms with Crippen LogP contribution < -0.4 is 5.32 Å². The van der Waals surface area contributed by atoms with Crippen LogP contribution in [-0.4, -0.2) is 28.7 Å². The first-order chi connectivity index (χ1) is 7.78. The molecule has 0 radical (unpaired) electrons. The van der Waals surface area contributed by atoms with Crippen molar-refractivity contribution in [2.75, 3.05) is 0 Å². The molecular formula is C10H14F3NO3. The van der Waals surface area contributed by atoms with Crippen molar-refractivity contribution in [1.29, 1.82) is 0 Å². The van der Waals surface area contributed by atoms with Crippen LogP contribution in [0, 0.1) is 0 Å². The van der Waals surface area contributed by atoms with Gasteiger partial charge in [-0.25, -0.2) is 4.79 Å². The van der Waals surface area contributed by atoms with Crippen molar-refractivity contribution in [2.45, 2.75) is 50.2 Å². The van der Waals surface area contributed by atoms with E-state index in [9.17, 15) is 22.8 Å². The van der Waals surface area contributed by atoms with Crippen LogP contribution in [0.25, 0.3) is 0 Å². The molecule has 2 N–H and O–H groups in total. The molecule has 1 aliphatic carbocycles. The van der Waals surface area contributed by atoms with Gasteiger partial charge in [0.2, 0.25) is 0 Å². The molecule has 1 aliphatic rings. The average Bonchev–Trinajstić information content (AvgIpc) is 2.42. The smallest absolute Gasteiger partial charge is 0.471 e. The maximum atomic E-state index is 12.1. The highest BCUT2D eigenvalue weighted by Crippen LogP contribution is 2.29.